The Bertz CT molecular complexity index is 927. The molecule has 0 saturated carbocycles. The SMILES string of the molecule is CC1=NC2=C(C(=O)CCC2)[C@@H](c2ccc([N+](=O)[O-])cc2)C1C(=O)OC[C@H]1CCCO1. The van der Waals surface area contributed by atoms with Crippen molar-refractivity contribution in [3.05, 3.63) is 51.2 Å². The fraction of sp³-hybridized carbons (Fsp3) is 0.500. The smallest absolute Gasteiger partial charge is 0.315 e. The van der Waals surface area contributed by atoms with Crippen LogP contribution in [0.4, 0.5) is 5.69 Å². The molecule has 2 aliphatic heterocycles. The molecule has 0 bridgehead atoms. The van der Waals surface area contributed by atoms with Gasteiger partial charge in [0.05, 0.1) is 11.0 Å². The summed E-state index contributed by atoms with van der Waals surface area (Å²) < 4.78 is 11.1. The predicted octanol–water partition coefficient (Wildman–Crippen LogP) is 3.50. The van der Waals surface area contributed by atoms with Crippen LogP contribution in [0.5, 0.6) is 0 Å². The highest BCUT2D eigenvalue weighted by Gasteiger charge is 2.43. The first kappa shape index (κ1) is 20.4. The Balaban J connectivity index is 1.68. The summed E-state index contributed by atoms with van der Waals surface area (Å²) in [6.07, 6.45) is 3.52. The van der Waals surface area contributed by atoms with Crippen LogP contribution in [0.3, 0.4) is 0 Å². The Kier molecular flexibility index (Phi) is 5.76. The Morgan fingerprint density at radius 2 is 2.03 bits per heavy atom. The number of carbonyl (C=O) groups excluding carboxylic acids is 2. The van der Waals surface area contributed by atoms with Crippen molar-refractivity contribution in [1.29, 1.82) is 0 Å². The first-order valence-corrected chi connectivity index (χ1v) is 10.3. The van der Waals surface area contributed by atoms with Crippen LogP contribution in [0.2, 0.25) is 0 Å². The number of nitro groups is 1. The summed E-state index contributed by atoms with van der Waals surface area (Å²) in [4.78, 5) is 41.1. The second kappa shape index (κ2) is 8.47. The van der Waals surface area contributed by atoms with Crippen molar-refractivity contribution in [3.63, 3.8) is 0 Å². The fourth-order valence-corrected chi connectivity index (χ4v) is 4.52. The van der Waals surface area contributed by atoms with Gasteiger partial charge in [-0.1, -0.05) is 12.1 Å². The van der Waals surface area contributed by atoms with Crippen LogP contribution in [0.1, 0.15) is 50.5 Å². The molecule has 3 atom stereocenters. The number of Topliss-reactive ketones (excluding diaryl/α,β-unsaturated/α-hetero) is 1. The van der Waals surface area contributed by atoms with E-state index in [-0.39, 0.29) is 24.2 Å². The molecular formula is C22H24N2O6. The van der Waals surface area contributed by atoms with Crippen molar-refractivity contribution in [2.24, 2.45) is 10.9 Å². The third-order valence-electron chi connectivity index (χ3n) is 5.99. The number of ketones is 1. The number of allylic oxidation sites excluding steroid dienone is 2. The van der Waals surface area contributed by atoms with Gasteiger partial charge in [-0.25, -0.2) is 0 Å². The number of ether oxygens (including phenoxy) is 2. The van der Waals surface area contributed by atoms with E-state index in [2.05, 4.69) is 4.99 Å². The number of rotatable bonds is 5. The predicted molar refractivity (Wildman–Crippen MR) is 108 cm³/mol. The van der Waals surface area contributed by atoms with E-state index in [0.29, 0.717) is 36.3 Å². The van der Waals surface area contributed by atoms with Gasteiger partial charge in [0, 0.05) is 48.1 Å². The molecule has 1 aromatic carbocycles. The molecule has 1 fully saturated rings. The van der Waals surface area contributed by atoms with Gasteiger partial charge >= 0.3 is 5.97 Å². The molecule has 1 saturated heterocycles. The molecule has 8 nitrogen and oxygen atoms in total. The van der Waals surface area contributed by atoms with Crippen LogP contribution in [0.25, 0.3) is 0 Å². The molecule has 3 aliphatic rings. The van der Waals surface area contributed by atoms with E-state index < -0.39 is 22.7 Å². The summed E-state index contributed by atoms with van der Waals surface area (Å²) in [6, 6.07) is 6.04. The van der Waals surface area contributed by atoms with Crippen molar-refractivity contribution in [3.8, 4) is 0 Å². The fourth-order valence-electron chi connectivity index (χ4n) is 4.52. The highest BCUT2D eigenvalue weighted by atomic mass is 16.6. The van der Waals surface area contributed by atoms with Crippen LogP contribution in [0.15, 0.2) is 40.5 Å². The number of benzene rings is 1. The van der Waals surface area contributed by atoms with Crippen molar-refractivity contribution in [2.45, 2.75) is 51.0 Å². The van der Waals surface area contributed by atoms with Crippen LogP contribution < -0.4 is 0 Å². The molecular weight excluding hydrogens is 388 g/mol. The third kappa shape index (κ3) is 3.92. The van der Waals surface area contributed by atoms with E-state index in [1.54, 1.807) is 19.1 Å². The lowest BCUT2D eigenvalue weighted by atomic mass is 9.72. The van der Waals surface area contributed by atoms with Crippen LogP contribution in [-0.4, -0.2) is 41.7 Å². The Hall–Kier alpha value is -2.87. The molecule has 1 aromatic rings. The number of esters is 1. The standard InChI is InChI=1S/C22H24N2O6/c1-13-19(22(26)30-12-16-4-3-11-29-16)20(14-7-9-15(10-8-14)24(27)28)21-17(23-13)5-2-6-18(21)25/h7-10,16,19-20H,2-6,11-12H2,1H3/t16-,19?,20+/m1/s1. The lowest BCUT2D eigenvalue weighted by Gasteiger charge is -2.34. The van der Waals surface area contributed by atoms with Crippen molar-refractivity contribution in [2.75, 3.05) is 13.2 Å². The maximum atomic E-state index is 13.1. The maximum absolute atomic E-state index is 13.1. The molecule has 1 aliphatic carbocycles. The summed E-state index contributed by atoms with van der Waals surface area (Å²) >= 11 is 0. The Labute approximate surface area is 174 Å². The number of hydrogen-bond acceptors (Lipinski definition) is 7. The number of non-ortho nitro benzene ring substituents is 1. The van der Waals surface area contributed by atoms with Gasteiger partial charge in [0.15, 0.2) is 5.78 Å². The van der Waals surface area contributed by atoms with Crippen LogP contribution in [0, 0.1) is 16.0 Å². The van der Waals surface area contributed by atoms with E-state index in [0.717, 1.165) is 25.0 Å². The minimum absolute atomic E-state index is 0.0206. The van der Waals surface area contributed by atoms with Gasteiger partial charge in [-0.2, -0.15) is 0 Å². The second-order valence-electron chi connectivity index (χ2n) is 7.96. The number of carbonyl (C=O) groups is 2. The second-order valence-corrected chi connectivity index (χ2v) is 7.96. The lowest BCUT2D eigenvalue weighted by molar-refractivity contribution is -0.384. The average molecular weight is 412 g/mol. The zero-order valence-corrected chi connectivity index (χ0v) is 16.8. The lowest BCUT2D eigenvalue weighted by Crippen LogP contribution is -2.38. The van der Waals surface area contributed by atoms with Gasteiger partial charge in [0.25, 0.3) is 5.69 Å². The van der Waals surface area contributed by atoms with Gasteiger partial charge in [-0.3, -0.25) is 24.7 Å². The van der Waals surface area contributed by atoms with Gasteiger partial charge in [-0.15, -0.1) is 0 Å². The molecule has 0 aromatic heterocycles. The highest BCUT2D eigenvalue weighted by molar-refractivity contribution is 6.08. The summed E-state index contributed by atoms with van der Waals surface area (Å²) in [5.74, 6) is -1.76. The molecule has 8 heteroatoms. The van der Waals surface area contributed by atoms with E-state index in [9.17, 15) is 19.7 Å². The van der Waals surface area contributed by atoms with Gasteiger partial charge in [0.2, 0.25) is 0 Å². The molecule has 2 heterocycles. The number of hydrogen-bond donors (Lipinski definition) is 0. The summed E-state index contributed by atoms with van der Waals surface area (Å²) in [6.45, 7) is 2.62. The first-order chi connectivity index (χ1) is 14.5. The maximum Gasteiger partial charge on any atom is 0.315 e. The topological polar surface area (TPSA) is 108 Å². The summed E-state index contributed by atoms with van der Waals surface area (Å²) in [7, 11) is 0. The molecule has 1 unspecified atom stereocenters. The van der Waals surface area contributed by atoms with E-state index in [1.807, 2.05) is 0 Å². The monoisotopic (exact) mass is 412 g/mol. The zero-order chi connectivity index (χ0) is 21.3. The number of aliphatic imine (C=N–C) groups is 1. The Morgan fingerprint density at radius 1 is 1.27 bits per heavy atom. The normalized spacial score (nSPS) is 26.2. The molecule has 30 heavy (non-hydrogen) atoms. The van der Waals surface area contributed by atoms with Crippen molar-refractivity contribution >= 4 is 23.2 Å². The molecule has 0 N–H and O–H groups in total. The number of nitrogens with zero attached hydrogens (tertiary/aromatic N) is 2. The molecule has 0 radical (unpaired) electrons. The average Bonchev–Trinajstić information content (AvgIpc) is 3.25. The number of nitro benzene ring substituents is 1. The molecule has 158 valence electrons. The van der Waals surface area contributed by atoms with Crippen molar-refractivity contribution < 1.29 is 24.0 Å². The highest BCUT2D eigenvalue weighted by Crippen LogP contribution is 2.43. The molecule has 4 rings (SSSR count). The van der Waals surface area contributed by atoms with Gasteiger partial charge in [-0.05, 0) is 38.2 Å². The molecule has 0 amide bonds. The van der Waals surface area contributed by atoms with Gasteiger partial charge < -0.3 is 9.47 Å². The largest absolute Gasteiger partial charge is 0.462 e. The third-order valence-corrected chi connectivity index (χ3v) is 5.99. The van der Waals surface area contributed by atoms with Gasteiger partial charge in [0.1, 0.15) is 12.5 Å². The van der Waals surface area contributed by atoms with E-state index >= 15 is 0 Å². The first-order valence-electron chi connectivity index (χ1n) is 10.3. The quantitative estimate of drug-likeness (QED) is 0.416. The molecule has 0 spiro atoms. The summed E-state index contributed by atoms with van der Waals surface area (Å²) in [5.41, 5.74) is 2.50. The van der Waals surface area contributed by atoms with Crippen molar-refractivity contribution in [1.82, 2.24) is 0 Å². The zero-order valence-electron chi connectivity index (χ0n) is 16.8. The van der Waals surface area contributed by atoms with E-state index in [4.69, 9.17) is 9.47 Å². The van der Waals surface area contributed by atoms with E-state index in [1.165, 1.54) is 12.1 Å². The Morgan fingerprint density at radius 3 is 2.70 bits per heavy atom. The minimum Gasteiger partial charge on any atom is -0.462 e. The van der Waals surface area contributed by atoms with Crippen LogP contribution >= 0.6 is 0 Å². The van der Waals surface area contributed by atoms with Crippen LogP contribution in [-0.2, 0) is 19.1 Å². The minimum atomic E-state index is -0.742. The summed E-state index contributed by atoms with van der Waals surface area (Å²) in [5, 5.41) is 11.0.